The predicted molar refractivity (Wildman–Crippen MR) is 83.3 cm³/mol. The summed E-state index contributed by atoms with van der Waals surface area (Å²) in [5, 5.41) is 2.81. The lowest BCUT2D eigenvalue weighted by atomic mass is 10.2. The molecule has 1 aromatic heterocycles. The fourth-order valence-electron chi connectivity index (χ4n) is 1.91. The van der Waals surface area contributed by atoms with Crippen LogP contribution in [0.5, 0.6) is 5.75 Å². The van der Waals surface area contributed by atoms with E-state index in [1.165, 1.54) is 11.3 Å². The molecule has 0 fully saturated rings. The van der Waals surface area contributed by atoms with E-state index in [1.54, 1.807) is 12.1 Å². The largest absolute Gasteiger partial charge is 0.426 e. The average molecular weight is 295 g/mol. The molecule has 0 spiro atoms. The molecular formula is C17H13NO2S. The summed E-state index contributed by atoms with van der Waals surface area (Å²) in [5.41, 5.74) is 1.80. The van der Waals surface area contributed by atoms with Crippen LogP contribution in [0.15, 0.2) is 66.0 Å². The second-order valence-electron chi connectivity index (χ2n) is 4.47. The van der Waals surface area contributed by atoms with Crippen LogP contribution in [-0.4, -0.2) is 11.0 Å². The molecule has 3 aromatic rings. The number of aromatic nitrogens is 1. The molecule has 3 rings (SSSR count). The van der Waals surface area contributed by atoms with Crippen molar-refractivity contribution in [1.29, 1.82) is 0 Å². The maximum absolute atomic E-state index is 11.9. The standard InChI is InChI=1S/C17H13NO2S/c19-16(20-15-9-5-2-6-10-15)11-14-12-21-17(18-14)13-7-3-1-4-8-13/h1-10,12H,11H2. The SMILES string of the molecule is O=C(Cc1csc(-c2ccccc2)n1)Oc1ccccc1. The Morgan fingerprint density at radius 1 is 1.00 bits per heavy atom. The minimum atomic E-state index is -0.300. The van der Waals surface area contributed by atoms with Crippen LogP contribution in [0.3, 0.4) is 0 Å². The molecule has 21 heavy (non-hydrogen) atoms. The zero-order valence-corrected chi connectivity index (χ0v) is 12.0. The molecule has 0 saturated heterocycles. The van der Waals surface area contributed by atoms with Gasteiger partial charge in [-0.2, -0.15) is 0 Å². The summed E-state index contributed by atoms with van der Waals surface area (Å²) < 4.78 is 5.26. The first-order valence-corrected chi connectivity index (χ1v) is 7.45. The number of benzene rings is 2. The van der Waals surface area contributed by atoms with Crippen molar-refractivity contribution in [2.45, 2.75) is 6.42 Å². The summed E-state index contributed by atoms with van der Waals surface area (Å²) in [7, 11) is 0. The zero-order chi connectivity index (χ0) is 14.5. The van der Waals surface area contributed by atoms with Crippen molar-refractivity contribution in [3.05, 3.63) is 71.7 Å². The van der Waals surface area contributed by atoms with Crippen molar-refractivity contribution < 1.29 is 9.53 Å². The number of rotatable bonds is 4. The van der Waals surface area contributed by atoms with Gasteiger partial charge in [-0.3, -0.25) is 4.79 Å². The van der Waals surface area contributed by atoms with Gasteiger partial charge < -0.3 is 4.74 Å². The van der Waals surface area contributed by atoms with Gasteiger partial charge in [0, 0.05) is 10.9 Å². The Labute approximate surface area is 126 Å². The van der Waals surface area contributed by atoms with Crippen LogP contribution in [0.4, 0.5) is 0 Å². The summed E-state index contributed by atoms with van der Waals surface area (Å²) in [6.45, 7) is 0. The number of carbonyl (C=O) groups is 1. The molecule has 0 aliphatic rings. The molecule has 104 valence electrons. The van der Waals surface area contributed by atoms with Crippen LogP contribution < -0.4 is 4.74 Å². The number of hydrogen-bond donors (Lipinski definition) is 0. The molecule has 0 saturated carbocycles. The Morgan fingerprint density at radius 2 is 1.67 bits per heavy atom. The maximum Gasteiger partial charge on any atom is 0.317 e. The Morgan fingerprint density at radius 3 is 2.38 bits per heavy atom. The first kappa shape index (κ1) is 13.5. The van der Waals surface area contributed by atoms with Gasteiger partial charge in [0.1, 0.15) is 10.8 Å². The van der Waals surface area contributed by atoms with E-state index in [0.717, 1.165) is 16.3 Å². The predicted octanol–water partition coefficient (Wildman–Crippen LogP) is 3.96. The molecule has 0 bridgehead atoms. The number of thiazole rings is 1. The number of esters is 1. The molecule has 3 nitrogen and oxygen atoms in total. The van der Waals surface area contributed by atoms with Gasteiger partial charge in [0.25, 0.3) is 0 Å². The van der Waals surface area contributed by atoms with E-state index < -0.39 is 0 Å². The second kappa shape index (κ2) is 6.33. The molecule has 0 aliphatic heterocycles. The first-order chi connectivity index (χ1) is 10.3. The molecule has 0 N–H and O–H groups in total. The topological polar surface area (TPSA) is 39.2 Å². The summed E-state index contributed by atoms with van der Waals surface area (Å²) >= 11 is 1.53. The Hall–Kier alpha value is -2.46. The lowest BCUT2D eigenvalue weighted by Gasteiger charge is -2.02. The Kier molecular flexibility index (Phi) is 4.07. The van der Waals surface area contributed by atoms with Crippen LogP contribution in [0.25, 0.3) is 10.6 Å². The average Bonchev–Trinajstić information content (AvgIpc) is 2.97. The highest BCUT2D eigenvalue weighted by molar-refractivity contribution is 7.13. The number of hydrogen-bond acceptors (Lipinski definition) is 4. The van der Waals surface area contributed by atoms with Gasteiger partial charge in [-0.25, -0.2) is 4.98 Å². The molecule has 0 unspecified atom stereocenters. The Bertz CT molecular complexity index is 723. The fraction of sp³-hybridized carbons (Fsp3) is 0.0588. The number of carbonyl (C=O) groups excluding carboxylic acids is 1. The molecule has 0 atom stereocenters. The minimum absolute atomic E-state index is 0.179. The maximum atomic E-state index is 11.9. The monoisotopic (exact) mass is 295 g/mol. The first-order valence-electron chi connectivity index (χ1n) is 6.57. The third-order valence-electron chi connectivity index (χ3n) is 2.87. The smallest absolute Gasteiger partial charge is 0.317 e. The number of para-hydroxylation sites is 1. The summed E-state index contributed by atoms with van der Waals surface area (Å²) in [5.74, 6) is 0.257. The quantitative estimate of drug-likeness (QED) is 0.540. The van der Waals surface area contributed by atoms with Gasteiger partial charge in [0.2, 0.25) is 0 Å². The summed E-state index contributed by atoms with van der Waals surface area (Å²) in [6.07, 6.45) is 0.179. The highest BCUT2D eigenvalue weighted by Crippen LogP contribution is 2.23. The zero-order valence-electron chi connectivity index (χ0n) is 11.2. The fourth-order valence-corrected chi connectivity index (χ4v) is 2.73. The molecule has 4 heteroatoms. The van der Waals surface area contributed by atoms with E-state index in [-0.39, 0.29) is 12.4 Å². The van der Waals surface area contributed by atoms with E-state index in [2.05, 4.69) is 4.98 Å². The van der Waals surface area contributed by atoms with Crippen LogP contribution in [-0.2, 0) is 11.2 Å². The van der Waals surface area contributed by atoms with Gasteiger partial charge >= 0.3 is 5.97 Å². The van der Waals surface area contributed by atoms with Crippen molar-refractivity contribution in [2.24, 2.45) is 0 Å². The van der Waals surface area contributed by atoms with Crippen molar-refractivity contribution in [3.8, 4) is 16.3 Å². The summed E-state index contributed by atoms with van der Waals surface area (Å²) in [4.78, 5) is 16.3. The number of ether oxygens (including phenoxy) is 1. The van der Waals surface area contributed by atoms with E-state index in [4.69, 9.17) is 4.74 Å². The number of nitrogens with zero attached hydrogens (tertiary/aromatic N) is 1. The second-order valence-corrected chi connectivity index (χ2v) is 5.33. The highest BCUT2D eigenvalue weighted by Gasteiger charge is 2.10. The van der Waals surface area contributed by atoms with Crippen molar-refractivity contribution in [2.75, 3.05) is 0 Å². The van der Waals surface area contributed by atoms with Crippen molar-refractivity contribution >= 4 is 17.3 Å². The third kappa shape index (κ3) is 3.55. The van der Waals surface area contributed by atoms with Gasteiger partial charge in [0.15, 0.2) is 0 Å². The van der Waals surface area contributed by atoms with Crippen LogP contribution in [0.2, 0.25) is 0 Å². The van der Waals surface area contributed by atoms with E-state index in [1.807, 2.05) is 53.9 Å². The molecular weight excluding hydrogens is 282 g/mol. The summed E-state index contributed by atoms with van der Waals surface area (Å²) in [6, 6.07) is 19.0. The van der Waals surface area contributed by atoms with E-state index >= 15 is 0 Å². The molecule has 1 heterocycles. The van der Waals surface area contributed by atoms with Gasteiger partial charge in [-0.1, -0.05) is 48.5 Å². The van der Waals surface area contributed by atoms with Gasteiger partial charge in [-0.15, -0.1) is 11.3 Å². The normalized spacial score (nSPS) is 10.3. The van der Waals surface area contributed by atoms with Crippen LogP contribution in [0.1, 0.15) is 5.69 Å². The molecule has 0 amide bonds. The van der Waals surface area contributed by atoms with Crippen LogP contribution >= 0.6 is 11.3 Å². The van der Waals surface area contributed by atoms with Gasteiger partial charge in [0.05, 0.1) is 12.1 Å². The lowest BCUT2D eigenvalue weighted by Crippen LogP contribution is -2.11. The van der Waals surface area contributed by atoms with Gasteiger partial charge in [-0.05, 0) is 12.1 Å². The third-order valence-corrected chi connectivity index (χ3v) is 3.81. The van der Waals surface area contributed by atoms with E-state index in [9.17, 15) is 4.79 Å². The van der Waals surface area contributed by atoms with E-state index in [0.29, 0.717) is 5.75 Å². The van der Waals surface area contributed by atoms with Crippen molar-refractivity contribution in [3.63, 3.8) is 0 Å². The van der Waals surface area contributed by atoms with Crippen LogP contribution in [0, 0.1) is 0 Å². The van der Waals surface area contributed by atoms with Crippen molar-refractivity contribution in [1.82, 2.24) is 4.98 Å². The molecule has 2 aromatic carbocycles. The molecule has 0 aliphatic carbocycles. The lowest BCUT2D eigenvalue weighted by molar-refractivity contribution is -0.133. The highest BCUT2D eigenvalue weighted by atomic mass is 32.1. The molecule has 0 radical (unpaired) electrons. The minimum Gasteiger partial charge on any atom is -0.426 e. The Balaban J connectivity index is 1.66.